The van der Waals surface area contributed by atoms with Crippen molar-refractivity contribution in [2.75, 3.05) is 0 Å². The molecule has 0 spiro atoms. The molecule has 102 valence electrons. The van der Waals surface area contributed by atoms with Crippen molar-refractivity contribution in [2.45, 2.75) is 52.6 Å². The van der Waals surface area contributed by atoms with Gasteiger partial charge in [-0.2, -0.15) is 0 Å². The van der Waals surface area contributed by atoms with Gasteiger partial charge in [-0.15, -0.1) is 0 Å². The number of nitrogens with one attached hydrogen (secondary N) is 1. The smallest absolute Gasteiger partial charge is 0.120 e. The predicted molar refractivity (Wildman–Crippen MR) is 80.8 cm³/mol. The first-order valence-corrected chi connectivity index (χ1v) is 7.49. The molecule has 0 heterocycles. The summed E-state index contributed by atoms with van der Waals surface area (Å²) < 4.78 is 1.00. The van der Waals surface area contributed by atoms with E-state index in [1.165, 1.54) is 19.3 Å². The lowest BCUT2D eigenvalue weighted by Crippen LogP contribution is -2.25. The van der Waals surface area contributed by atoms with Crippen molar-refractivity contribution >= 4 is 15.9 Å². The minimum absolute atomic E-state index is 0.361. The van der Waals surface area contributed by atoms with Gasteiger partial charge in [0.1, 0.15) is 5.75 Å². The van der Waals surface area contributed by atoms with Gasteiger partial charge in [-0.05, 0) is 37.5 Å². The molecule has 0 aliphatic rings. The second-order valence-corrected chi connectivity index (χ2v) is 6.30. The van der Waals surface area contributed by atoms with E-state index in [1.54, 1.807) is 6.07 Å². The Kier molecular flexibility index (Phi) is 6.72. The molecular formula is C15H24BrNO. The number of rotatable bonds is 7. The molecule has 1 atom stereocenters. The molecule has 0 aromatic heterocycles. The van der Waals surface area contributed by atoms with Gasteiger partial charge in [0.15, 0.2) is 0 Å². The molecule has 2 N–H and O–H groups in total. The van der Waals surface area contributed by atoms with Gasteiger partial charge in [0.25, 0.3) is 0 Å². The van der Waals surface area contributed by atoms with Crippen LogP contribution in [0.2, 0.25) is 0 Å². The molecule has 3 heteroatoms. The fourth-order valence-corrected chi connectivity index (χ4v) is 2.32. The topological polar surface area (TPSA) is 32.3 Å². The van der Waals surface area contributed by atoms with Crippen molar-refractivity contribution in [1.29, 1.82) is 0 Å². The molecule has 1 aromatic rings. The number of phenols is 1. The number of hydrogen-bond donors (Lipinski definition) is 2. The monoisotopic (exact) mass is 313 g/mol. The van der Waals surface area contributed by atoms with E-state index < -0.39 is 0 Å². The third-order valence-electron chi connectivity index (χ3n) is 3.10. The third-order valence-corrected chi connectivity index (χ3v) is 3.59. The largest absolute Gasteiger partial charge is 0.508 e. The Balaban J connectivity index is 2.33. The quantitative estimate of drug-likeness (QED) is 0.779. The molecule has 1 aromatic carbocycles. The predicted octanol–water partition coefficient (Wildman–Crippen LogP) is 4.46. The molecule has 2 nitrogen and oxygen atoms in total. The maximum atomic E-state index is 9.74. The number of benzene rings is 1. The second kappa shape index (κ2) is 7.80. The molecule has 0 radical (unpaired) electrons. The second-order valence-electron chi connectivity index (χ2n) is 5.38. The Morgan fingerprint density at radius 2 is 1.94 bits per heavy atom. The fourth-order valence-electron chi connectivity index (χ4n) is 1.91. The van der Waals surface area contributed by atoms with E-state index in [-0.39, 0.29) is 0 Å². The summed E-state index contributed by atoms with van der Waals surface area (Å²) in [7, 11) is 0. The molecule has 1 unspecified atom stereocenters. The zero-order valence-electron chi connectivity index (χ0n) is 11.5. The van der Waals surface area contributed by atoms with Gasteiger partial charge in [-0.25, -0.2) is 0 Å². The first-order valence-electron chi connectivity index (χ1n) is 6.69. The lowest BCUT2D eigenvalue weighted by Gasteiger charge is -2.15. The van der Waals surface area contributed by atoms with Gasteiger partial charge in [-0.3, -0.25) is 0 Å². The zero-order valence-corrected chi connectivity index (χ0v) is 13.1. The van der Waals surface area contributed by atoms with Crippen molar-refractivity contribution in [1.82, 2.24) is 5.32 Å². The van der Waals surface area contributed by atoms with Gasteiger partial charge < -0.3 is 10.4 Å². The normalized spacial score (nSPS) is 12.9. The summed E-state index contributed by atoms with van der Waals surface area (Å²) in [5.74, 6) is 1.14. The van der Waals surface area contributed by atoms with Crippen LogP contribution in [0.15, 0.2) is 22.7 Å². The Bertz CT molecular complexity index is 366. The van der Waals surface area contributed by atoms with Crippen LogP contribution in [-0.4, -0.2) is 11.1 Å². The summed E-state index contributed by atoms with van der Waals surface area (Å²) in [5, 5.41) is 13.2. The van der Waals surface area contributed by atoms with Crippen molar-refractivity contribution in [3.63, 3.8) is 0 Å². The minimum Gasteiger partial charge on any atom is -0.508 e. The average Bonchev–Trinajstić information content (AvgIpc) is 2.30. The number of phenolic OH excluding ortho intramolecular Hbond substituents is 1. The number of halogens is 1. The highest BCUT2D eigenvalue weighted by Crippen LogP contribution is 2.21. The van der Waals surface area contributed by atoms with Gasteiger partial charge in [0.2, 0.25) is 0 Å². The van der Waals surface area contributed by atoms with Crippen molar-refractivity contribution in [3.8, 4) is 5.75 Å². The van der Waals surface area contributed by atoms with E-state index in [0.29, 0.717) is 18.3 Å². The van der Waals surface area contributed by atoms with Crippen molar-refractivity contribution in [2.24, 2.45) is 5.92 Å². The van der Waals surface area contributed by atoms with E-state index in [1.807, 2.05) is 12.1 Å². The molecule has 1 rings (SSSR count). The highest BCUT2D eigenvalue weighted by atomic mass is 79.9. The molecule has 18 heavy (non-hydrogen) atoms. The number of aromatic hydroxyl groups is 1. The minimum atomic E-state index is 0.361. The van der Waals surface area contributed by atoms with Crippen LogP contribution in [0.3, 0.4) is 0 Å². The van der Waals surface area contributed by atoms with Crippen LogP contribution < -0.4 is 5.32 Å². The molecule has 0 bridgehead atoms. The van der Waals surface area contributed by atoms with Gasteiger partial charge in [0, 0.05) is 22.6 Å². The summed E-state index contributed by atoms with van der Waals surface area (Å²) in [5.41, 5.74) is 0.945. The molecule has 0 fully saturated rings. The van der Waals surface area contributed by atoms with Gasteiger partial charge in [-0.1, -0.05) is 42.6 Å². The van der Waals surface area contributed by atoms with Crippen LogP contribution in [0.5, 0.6) is 5.75 Å². The maximum absolute atomic E-state index is 9.74. The molecule has 0 saturated heterocycles. The summed E-state index contributed by atoms with van der Waals surface area (Å²) >= 11 is 3.42. The van der Waals surface area contributed by atoms with E-state index in [9.17, 15) is 5.11 Å². The van der Waals surface area contributed by atoms with E-state index in [0.717, 1.165) is 16.0 Å². The van der Waals surface area contributed by atoms with Crippen LogP contribution in [0.4, 0.5) is 0 Å². The molecule has 0 amide bonds. The summed E-state index contributed by atoms with van der Waals surface area (Å²) in [6.45, 7) is 7.44. The summed E-state index contributed by atoms with van der Waals surface area (Å²) in [4.78, 5) is 0. The Morgan fingerprint density at radius 3 is 2.61 bits per heavy atom. The standard InChI is InChI=1S/C15H24BrNO/c1-11(2)5-4-6-12(3)17-10-13-9-14(16)7-8-15(13)18/h7-9,11-12,17-18H,4-6,10H2,1-3H3. The molecular weight excluding hydrogens is 290 g/mol. The Labute approximate surface area is 119 Å². The molecule has 0 aliphatic carbocycles. The van der Waals surface area contributed by atoms with Gasteiger partial charge in [0.05, 0.1) is 0 Å². The highest BCUT2D eigenvalue weighted by molar-refractivity contribution is 9.10. The summed E-state index contributed by atoms with van der Waals surface area (Å²) in [6.07, 6.45) is 3.73. The third kappa shape index (κ3) is 5.87. The van der Waals surface area contributed by atoms with E-state index >= 15 is 0 Å². The van der Waals surface area contributed by atoms with Crippen LogP contribution in [0, 0.1) is 5.92 Å². The van der Waals surface area contributed by atoms with Crippen molar-refractivity contribution in [3.05, 3.63) is 28.2 Å². The lowest BCUT2D eigenvalue weighted by atomic mass is 10.0. The molecule has 0 saturated carbocycles. The van der Waals surface area contributed by atoms with E-state index in [2.05, 4.69) is 42.0 Å². The van der Waals surface area contributed by atoms with Crippen LogP contribution in [0.25, 0.3) is 0 Å². The summed E-state index contributed by atoms with van der Waals surface area (Å²) in [6, 6.07) is 6.03. The zero-order chi connectivity index (χ0) is 13.5. The first kappa shape index (κ1) is 15.5. The fraction of sp³-hybridized carbons (Fsp3) is 0.600. The SMILES string of the molecule is CC(C)CCCC(C)NCc1cc(Br)ccc1O. The lowest BCUT2D eigenvalue weighted by molar-refractivity contribution is 0.440. The highest BCUT2D eigenvalue weighted by Gasteiger charge is 2.05. The molecule has 0 aliphatic heterocycles. The van der Waals surface area contributed by atoms with Crippen LogP contribution in [0.1, 0.15) is 45.6 Å². The van der Waals surface area contributed by atoms with Crippen molar-refractivity contribution < 1.29 is 5.11 Å². The van der Waals surface area contributed by atoms with Crippen LogP contribution >= 0.6 is 15.9 Å². The number of hydrogen-bond acceptors (Lipinski definition) is 2. The maximum Gasteiger partial charge on any atom is 0.120 e. The van der Waals surface area contributed by atoms with Gasteiger partial charge >= 0.3 is 0 Å². The van der Waals surface area contributed by atoms with Crippen LogP contribution in [-0.2, 0) is 6.54 Å². The first-order chi connectivity index (χ1) is 8.49. The Hall–Kier alpha value is -0.540. The average molecular weight is 314 g/mol. The Morgan fingerprint density at radius 1 is 1.22 bits per heavy atom. The van der Waals surface area contributed by atoms with E-state index in [4.69, 9.17) is 0 Å².